The van der Waals surface area contributed by atoms with Gasteiger partial charge in [-0.05, 0) is 234 Å². The summed E-state index contributed by atoms with van der Waals surface area (Å²) in [5, 5.41) is 7.34. The van der Waals surface area contributed by atoms with Crippen molar-refractivity contribution >= 4 is 34.9 Å². The van der Waals surface area contributed by atoms with Crippen molar-refractivity contribution in [2.75, 3.05) is 14.7 Å². The number of para-hydroxylation sites is 3. The third kappa shape index (κ3) is 15.8. The van der Waals surface area contributed by atoms with Crippen molar-refractivity contribution in [3.63, 3.8) is 0 Å². The topological polar surface area (TPSA) is 85.8 Å². The molecule has 0 radical (unpaired) electrons. The van der Waals surface area contributed by atoms with Gasteiger partial charge in [-0.25, -0.2) is 0 Å². The highest BCUT2D eigenvalue weighted by Crippen LogP contribution is 2.52. The molecule has 3 aliphatic heterocycles. The summed E-state index contributed by atoms with van der Waals surface area (Å²) >= 11 is 0. The van der Waals surface area contributed by atoms with Crippen molar-refractivity contribution in [1.82, 2.24) is 30.1 Å². The fraction of sp³-hybridized carbons (Fsp3) is 0.731. The normalized spacial score (nSPS) is 24.3. The minimum atomic E-state index is -0.222. The number of anilines is 6. The molecule has 4 heterocycles. The van der Waals surface area contributed by atoms with Crippen LogP contribution in [-0.4, -0.2) is 99.8 Å². The van der Waals surface area contributed by atoms with Crippen molar-refractivity contribution in [3.8, 4) is 0 Å². The Morgan fingerprint density at radius 2 is 0.556 bits per heavy atom. The molecule has 3 unspecified atom stereocenters. The van der Waals surface area contributed by atoms with E-state index in [1.807, 2.05) is 0 Å². The lowest BCUT2D eigenvalue weighted by atomic mass is 9.71. The quantitative estimate of drug-likeness (QED) is 0.0670. The lowest BCUT2D eigenvalue weighted by Crippen LogP contribution is -2.63. The minimum absolute atomic E-state index is 0.0642. The Labute approximate surface area is 547 Å². The molecule has 6 aliphatic rings. The van der Waals surface area contributed by atoms with Crippen LogP contribution in [0.2, 0.25) is 0 Å². The Morgan fingerprint density at radius 1 is 0.344 bits per heavy atom. The van der Waals surface area contributed by atoms with Gasteiger partial charge in [0.05, 0.1) is 18.3 Å². The molecule has 4 aromatic rings. The van der Waals surface area contributed by atoms with Crippen LogP contribution in [0.25, 0.3) is 0 Å². The van der Waals surface area contributed by atoms with Gasteiger partial charge in [-0.3, -0.25) is 14.5 Å². The fourth-order valence-corrected chi connectivity index (χ4v) is 19.1. The van der Waals surface area contributed by atoms with Crippen LogP contribution in [0.15, 0.2) is 91.0 Å². The molecule has 3 aromatic carbocycles. The van der Waals surface area contributed by atoms with Gasteiger partial charge in [0.1, 0.15) is 0 Å². The Hall–Kier alpha value is -4.17. The SMILES string of the molecule is CCCC(C1CC(C)(C)N(OC2CCCCC2)C(C)(C)C1)N(c1ccccc1)c1nc(N(c2ccccc2)C(CCC)C2CC(C)(C)N(OC3CCCCC3)C(C)(C)C2)nc(N(c2ccccc2)C(CCC)C2CC(C)(C)N(OC3CCCCC3)C(C)(C)C2)n1. The summed E-state index contributed by atoms with van der Waals surface area (Å²) in [4.78, 5) is 47.8. The third-order valence-corrected chi connectivity index (χ3v) is 22.0. The summed E-state index contributed by atoms with van der Waals surface area (Å²) in [5.41, 5.74) is 2.02. The van der Waals surface area contributed by atoms with Crippen LogP contribution in [-0.2, 0) is 14.5 Å². The number of nitrogens with zero attached hydrogens (tertiary/aromatic N) is 9. The van der Waals surface area contributed by atoms with E-state index in [0.29, 0.717) is 0 Å². The molecule has 3 saturated carbocycles. The summed E-state index contributed by atoms with van der Waals surface area (Å²) < 4.78 is 0. The predicted molar refractivity (Wildman–Crippen MR) is 374 cm³/mol. The van der Waals surface area contributed by atoms with Crippen LogP contribution < -0.4 is 14.7 Å². The second-order valence-electron chi connectivity index (χ2n) is 32.8. The van der Waals surface area contributed by atoms with Crippen LogP contribution in [0.4, 0.5) is 34.9 Å². The van der Waals surface area contributed by atoms with E-state index in [1.165, 1.54) is 57.8 Å². The summed E-state index contributed by atoms with van der Waals surface area (Å²) in [5.74, 6) is 3.02. The van der Waals surface area contributed by atoms with Crippen molar-refractivity contribution in [3.05, 3.63) is 91.0 Å². The van der Waals surface area contributed by atoms with Gasteiger partial charge < -0.3 is 14.7 Å². The van der Waals surface area contributed by atoms with E-state index in [1.54, 1.807) is 0 Å². The maximum Gasteiger partial charge on any atom is 0.236 e. The Kier molecular flexibility index (Phi) is 22.3. The van der Waals surface area contributed by atoms with Gasteiger partial charge in [0.25, 0.3) is 0 Å². The lowest BCUT2D eigenvalue weighted by molar-refractivity contribution is -0.314. The Morgan fingerprint density at radius 3 is 0.756 bits per heavy atom. The summed E-state index contributed by atoms with van der Waals surface area (Å²) in [6.07, 6.45) is 31.0. The van der Waals surface area contributed by atoms with Crippen molar-refractivity contribution in [2.24, 2.45) is 17.8 Å². The van der Waals surface area contributed by atoms with E-state index in [4.69, 9.17) is 29.5 Å². The largest absolute Gasteiger partial charge is 0.307 e. The molecule has 12 nitrogen and oxygen atoms in total. The number of hydrogen-bond donors (Lipinski definition) is 0. The molecular weight excluding hydrogens is 1110 g/mol. The molecule has 3 atom stereocenters. The van der Waals surface area contributed by atoms with Gasteiger partial charge >= 0.3 is 0 Å². The first kappa shape index (κ1) is 68.7. The van der Waals surface area contributed by atoms with Crippen LogP contribution >= 0.6 is 0 Å². The van der Waals surface area contributed by atoms with Crippen LogP contribution in [0.3, 0.4) is 0 Å². The third-order valence-electron chi connectivity index (χ3n) is 22.0. The number of piperidine rings is 3. The van der Waals surface area contributed by atoms with Crippen LogP contribution in [0.1, 0.15) is 277 Å². The highest BCUT2D eigenvalue weighted by molar-refractivity contribution is 5.68. The first-order valence-corrected chi connectivity index (χ1v) is 36.7. The van der Waals surface area contributed by atoms with E-state index in [2.05, 4.69) is 225 Å². The molecule has 1 aromatic heterocycles. The van der Waals surface area contributed by atoms with E-state index in [0.717, 1.165) is 150 Å². The first-order chi connectivity index (χ1) is 42.9. The minimum Gasteiger partial charge on any atom is -0.307 e. The van der Waals surface area contributed by atoms with Crippen LogP contribution in [0.5, 0.6) is 0 Å². The zero-order chi connectivity index (χ0) is 64.1. The number of benzene rings is 3. The number of hydroxylamine groups is 6. The standard InChI is InChI=1S/C78H123N9O3/c1-16-37-67(58-52-73(4,5)85(74(6,7)53-58)88-64-46-31-22-32-47-64)82(61-40-25-19-26-41-61)70-79-71(83(62-42-27-20-28-43-62)68(38-17-2)59-54-75(8,9)86(76(10,11)55-59)89-65-48-33-23-34-49-65)81-72(80-70)84(63-44-29-21-30-45-63)69(39-18-3)60-56-77(12,13)87(78(14,15)57-60)90-66-50-35-24-36-51-66/h19-21,25-30,40-45,58-60,64-69H,16-18,22-24,31-39,46-57H2,1-15H3. The van der Waals surface area contributed by atoms with Gasteiger partial charge in [0, 0.05) is 68.4 Å². The molecule has 12 heteroatoms. The zero-order valence-electron chi connectivity index (χ0n) is 59.2. The Balaban J connectivity index is 1.17. The highest BCUT2D eigenvalue weighted by atomic mass is 16.7. The lowest BCUT2D eigenvalue weighted by Gasteiger charge is -2.57. The Bertz CT molecular complexity index is 2460. The van der Waals surface area contributed by atoms with Gasteiger partial charge in [-0.15, -0.1) is 0 Å². The van der Waals surface area contributed by atoms with Crippen molar-refractivity contribution < 1.29 is 14.5 Å². The molecule has 0 bridgehead atoms. The number of hydrogen-bond acceptors (Lipinski definition) is 12. The van der Waals surface area contributed by atoms with Gasteiger partial charge in [0.15, 0.2) is 0 Å². The molecule has 0 spiro atoms. The van der Waals surface area contributed by atoms with Gasteiger partial charge in [-0.1, -0.05) is 152 Å². The second kappa shape index (κ2) is 29.2. The van der Waals surface area contributed by atoms with E-state index in [-0.39, 0.29) is 87.4 Å². The van der Waals surface area contributed by atoms with Crippen molar-refractivity contribution in [1.29, 1.82) is 0 Å². The van der Waals surface area contributed by atoms with Gasteiger partial charge in [-0.2, -0.15) is 30.1 Å². The van der Waals surface area contributed by atoms with Crippen LogP contribution in [0, 0.1) is 17.8 Å². The summed E-state index contributed by atoms with van der Waals surface area (Å²) in [6, 6.07) is 33.8. The molecule has 10 rings (SSSR count). The molecular formula is C78H123N9O3. The smallest absolute Gasteiger partial charge is 0.236 e. The maximum absolute atomic E-state index is 7.22. The molecule has 0 N–H and O–H groups in total. The summed E-state index contributed by atoms with van der Waals surface area (Å²) in [6.45, 7) is 36.5. The van der Waals surface area contributed by atoms with Gasteiger partial charge in [0.2, 0.25) is 17.8 Å². The predicted octanol–water partition coefficient (Wildman–Crippen LogP) is 20.4. The maximum atomic E-state index is 7.22. The molecule has 3 saturated heterocycles. The van der Waals surface area contributed by atoms with E-state index in [9.17, 15) is 0 Å². The number of rotatable bonds is 24. The zero-order valence-corrected chi connectivity index (χ0v) is 59.2. The first-order valence-electron chi connectivity index (χ1n) is 36.7. The molecule has 6 fully saturated rings. The summed E-state index contributed by atoms with van der Waals surface area (Å²) in [7, 11) is 0. The molecule has 498 valence electrons. The highest BCUT2D eigenvalue weighted by Gasteiger charge is 2.54. The monoisotopic (exact) mass is 1230 g/mol. The molecule has 90 heavy (non-hydrogen) atoms. The van der Waals surface area contributed by atoms with E-state index >= 15 is 0 Å². The fourth-order valence-electron chi connectivity index (χ4n) is 19.1. The van der Waals surface area contributed by atoms with E-state index < -0.39 is 0 Å². The average Bonchev–Trinajstić information content (AvgIpc) is 0.770. The second-order valence-corrected chi connectivity index (χ2v) is 32.8. The average molecular weight is 1230 g/mol. The van der Waals surface area contributed by atoms with Crippen molar-refractivity contribution in [2.45, 2.75) is 347 Å². The molecule has 0 amide bonds. The molecule has 3 aliphatic carbocycles. The number of aromatic nitrogens is 3.